The van der Waals surface area contributed by atoms with Gasteiger partial charge >= 0.3 is 5.69 Å². The summed E-state index contributed by atoms with van der Waals surface area (Å²) in [7, 11) is 1.89. The van der Waals surface area contributed by atoms with Gasteiger partial charge in [-0.3, -0.25) is 14.3 Å². The second-order valence-electron chi connectivity index (χ2n) is 13.6. The molecule has 3 aliphatic rings. The number of aromatic hydroxyl groups is 1. The molecule has 13 heteroatoms. The number of aliphatic hydroxyl groups is 1. The van der Waals surface area contributed by atoms with Crippen LogP contribution in [0.5, 0.6) is 5.75 Å². The SMILES string of the molecule is C[C@@H](CO)N(C)Cc1cc(O)ccc1-c1cccc(-n2c(=O)n(C3CCC(NCC4=CN5C=C(F)C=CC5N4)CC3)c(=O)c3cc(F)cnc32)c1. The quantitative estimate of drug-likeness (QED) is 0.191. The molecule has 1 fully saturated rings. The van der Waals surface area contributed by atoms with Crippen LogP contribution in [0.2, 0.25) is 0 Å². The number of phenols is 1. The highest BCUT2D eigenvalue weighted by atomic mass is 19.1. The van der Waals surface area contributed by atoms with Gasteiger partial charge in [0.05, 0.1) is 23.9 Å². The Morgan fingerprint density at radius 2 is 1.88 bits per heavy atom. The first-order chi connectivity index (χ1) is 24.6. The summed E-state index contributed by atoms with van der Waals surface area (Å²) in [6.45, 7) is 2.90. The molecule has 51 heavy (non-hydrogen) atoms. The zero-order valence-corrected chi connectivity index (χ0v) is 28.5. The monoisotopic (exact) mass is 697 g/mol. The molecule has 2 atom stereocenters. The van der Waals surface area contributed by atoms with Crippen LogP contribution < -0.4 is 21.9 Å². The van der Waals surface area contributed by atoms with E-state index in [9.17, 15) is 28.6 Å². The van der Waals surface area contributed by atoms with Gasteiger partial charge in [-0.05, 0) is 98.8 Å². The van der Waals surface area contributed by atoms with Gasteiger partial charge in [0.15, 0.2) is 5.65 Å². The molecule has 1 unspecified atom stereocenters. The first kappa shape index (κ1) is 34.3. The minimum absolute atomic E-state index is 0.0143. The second-order valence-corrected chi connectivity index (χ2v) is 13.6. The predicted molar refractivity (Wildman–Crippen MR) is 191 cm³/mol. The summed E-state index contributed by atoms with van der Waals surface area (Å²) < 4.78 is 30.9. The number of allylic oxidation sites excluding steroid dienone is 2. The van der Waals surface area contributed by atoms with Gasteiger partial charge in [-0.1, -0.05) is 18.2 Å². The van der Waals surface area contributed by atoms with Crippen molar-refractivity contribution in [1.29, 1.82) is 0 Å². The number of nitrogens with zero attached hydrogens (tertiary/aromatic N) is 5. The number of nitrogens with one attached hydrogen (secondary N) is 2. The average Bonchev–Trinajstić information content (AvgIpc) is 3.53. The maximum atomic E-state index is 14.6. The van der Waals surface area contributed by atoms with Gasteiger partial charge in [0.1, 0.15) is 23.6 Å². The molecule has 0 saturated heterocycles. The van der Waals surface area contributed by atoms with Crippen LogP contribution in [0.15, 0.2) is 100 Å². The number of hydrogen-bond donors (Lipinski definition) is 4. The largest absolute Gasteiger partial charge is 0.508 e. The van der Waals surface area contributed by atoms with Crippen LogP contribution in [0.3, 0.4) is 0 Å². The fraction of sp³-hybridized carbons (Fsp3) is 0.342. The van der Waals surface area contributed by atoms with Crippen molar-refractivity contribution in [2.24, 2.45) is 0 Å². The van der Waals surface area contributed by atoms with E-state index in [2.05, 4.69) is 15.6 Å². The summed E-state index contributed by atoms with van der Waals surface area (Å²) in [6.07, 6.45) is 9.99. The molecular weight excluding hydrogens is 656 g/mol. The molecule has 0 bridgehead atoms. The van der Waals surface area contributed by atoms with Gasteiger partial charge in [-0.2, -0.15) is 0 Å². The van der Waals surface area contributed by atoms with E-state index in [1.165, 1.54) is 21.4 Å². The first-order valence-electron chi connectivity index (χ1n) is 17.2. The third-order valence-electron chi connectivity index (χ3n) is 10.1. The number of benzene rings is 2. The number of fused-ring (bicyclic) bond motifs is 2. The second kappa shape index (κ2) is 14.3. The van der Waals surface area contributed by atoms with Crippen molar-refractivity contribution in [2.75, 3.05) is 20.2 Å². The number of aliphatic hydroxyl groups excluding tert-OH is 1. The van der Waals surface area contributed by atoms with Gasteiger partial charge in [0.2, 0.25) is 0 Å². The third kappa shape index (κ3) is 6.96. The summed E-state index contributed by atoms with van der Waals surface area (Å²) in [6, 6.07) is 13.1. The first-order valence-corrected chi connectivity index (χ1v) is 17.2. The topological polar surface area (TPSA) is 128 Å². The summed E-state index contributed by atoms with van der Waals surface area (Å²) in [5.74, 6) is -0.867. The Bertz CT molecular complexity index is 2170. The average molecular weight is 698 g/mol. The lowest BCUT2D eigenvalue weighted by atomic mass is 9.91. The minimum atomic E-state index is -0.673. The molecule has 0 spiro atoms. The molecular formula is C38H41F2N7O4. The van der Waals surface area contributed by atoms with Gasteiger partial charge < -0.3 is 25.7 Å². The molecule has 1 saturated carbocycles. The number of rotatable bonds is 10. The Balaban J connectivity index is 1.17. The number of aromatic nitrogens is 3. The van der Waals surface area contributed by atoms with Crippen LogP contribution >= 0.6 is 0 Å². The highest BCUT2D eigenvalue weighted by Gasteiger charge is 2.29. The molecule has 4 aromatic rings. The zero-order chi connectivity index (χ0) is 35.8. The van der Waals surface area contributed by atoms with Gasteiger partial charge in [-0.15, -0.1) is 0 Å². The number of likely N-dealkylation sites (N-methyl/N-ethyl adjacent to an activating group) is 1. The summed E-state index contributed by atoms with van der Waals surface area (Å²) in [5, 5.41) is 26.9. The van der Waals surface area contributed by atoms with Crippen LogP contribution in [-0.4, -0.2) is 72.6 Å². The van der Waals surface area contributed by atoms with Crippen molar-refractivity contribution in [1.82, 2.24) is 34.6 Å². The minimum Gasteiger partial charge on any atom is -0.508 e. The van der Waals surface area contributed by atoms with Crippen molar-refractivity contribution in [3.63, 3.8) is 0 Å². The van der Waals surface area contributed by atoms with Gasteiger partial charge in [0.25, 0.3) is 5.56 Å². The van der Waals surface area contributed by atoms with Crippen molar-refractivity contribution < 1.29 is 19.0 Å². The maximum absolute atomic E-state index is 14.6. The molecule has 7 rings (SSSR count). The summed E-state index contributed by atoms with van der Waals surface area (Å²) in [5.41, 5.74) is 2.75. The van der Waals surface area contributed by atoms with E-state index in [1.807, 2.05) is 37.2 Å². The van der Waals surface area contributed by atoms with Gasteiger partial charge in [-0.25, -0.2) is 23.1 Å². The fourth-order valence-corrected chi connectivity index (χ4v) is 7.19. The Labute approximate surface area is 293 Å². The Morgan fingerprint density at radius 1 is 1.08 bits per heavy atom. The lowest BCUT2D eigenvalue weighted by Gasteiger charge is -2.30. The Kier molecular flexibility index (Phi) is 9.60. The molecule has 2 aromatic heterocycles. The molecule has 0 radical (unpaired) electrons. The number of pyridine rings is 1. The molecule has 2 aliphatic heterocycles. The molecule has 4 heterocycles. The molecule has 11 nitrogen and oxygen atoms in total. The van der Waals surface area contributed by atoms with Crippen LogP contribution in [0.1, 0.15) is 44.2 Å². The van der Waals surface area contributed by atoms with Crippen molar-refractivity contribution >= 4 is 11.0 Å². The number of phenolic OH excluding ortho intramolecular Hbond substituents is 1. The van der Waals surface area contributed by atoms with Crippen LogP contribution in [0, 0.1) is 5.82 Å². The van der Waals surface area contributed by atoms with Crippen molar-refractivity contribution in [3.8, 4) is 22.6 Å². The zero-order valence-electron chi connectivity index (χ0n) is 28.5. The fourth-order valence-electron chi connectivity index (χ4n) is 7.19. The van der Waals surface area contributed by atoms with E-state index in [0.717, 1.165) is 34.7 Å². The van der Waals surface area contributed by atoms with Crippen molar-refractivity contribution in [3.05, 3.63) is 123 Å². The van der Waals surface area contributed by atoms with E-state index in [1.54, 1.807) is 41.3 Å². The standard InChI is InChI=1S/C38H41F2N7O4/c1-23(22-48)44(2)19-25-15-32(49)11-12-33(25)24-4-3-5-31(14-24)46-36-34(16-27(40)17-42-36)37(50)47(38(46)51)30-9-7-28(8-10-30)41-18-29-21-45-20-26(39)6-13-35(45)43-29/h3-6,11-17,20-21,23,28,30,35,41,43,48-49H,7-10,18-19,22H2,1-2H3/t23-,28?,30?,35?/m0/s1. The summed E-state index contributed by atoms with van der Waals surface area (Å²) >= 11 is 0. The lowest BCUT2D eigenvalue weighted by Crippen LogP contribution is -2.45. The number of halogens is 2. The van der Waals surface area contributed by atoms with Gasteiger partial charge in [0, 0.05) is 49.3 Å². The van der Waals surface area contributed by atoms with E-state index in [4.69, 9.17) is 0 Å². The van der Waals surface area contributed by atoms with E-state index >= 15 is 0 Å². The van der Waals surface area contributed by atoms with E-state index in [-0.39, 0.29) is 47.5 Å². The molecule has 0 amide bonds. The van der Waals surface area contributed by atoms with Crippen LogP contribution in [0.4, 0.5) is 8.78 Å². The van der Waals surface area contributed by atoms with E-state index < -0.39 is 23.1 Å². The third-order valence-corrected chi connectivity index (χ3v) is 10.1. The summed E-state index contributed by atoms with van der Waals surface area (Å²) in [4.78, 5) is 36.3. The van der Waals surface area contributed by atoms with Crippen molar-refractivity contribution in [2.45, 2.75) is 63.4 Å². The Hall–Kier alpha value is -5.11. The highest BCUT2D eigenvalue weighted by Crippen LogP contribution is 2.31. The van der Waals surface area contributed by atoms with Crippen LogP contribution in [0.25, 0.3) is 27.8 Å². The lowest BCUT2D eigenvalue weighted by molar-refractivity contribution is 0.154. The highest BCUT2D eigenvalue weighted by molar-refractivity contribution is 5.77. The van der Waals surface area contributed by atoms with E-state index in [0.29, 0.717) is 44.5 Å². The number of hydrogen-bond acceptors (Lipinski definition) is 9. The molecule has 2 aromatic carbocycles. The molecule has 266 valence electrons. The molecule has 1 aliphatic carbocycles. The van der Waals surface area contributed by atoms with Crippen LogP contribution in [-0.2, 0) is 6.54 Å². The smallest absolute Gasteiger partial charge is 0.337 e. The maximum Gasteiger partial charge on any atom is 0.337 e. The predicted octanol–water partition coefficient (Wildman–Crippen LogP) is 4.40. The normalized spacial score (nSPS) is 20.7. The Morgan fingerprint density at radius 3 is 2.67 bits per heavy atom. The molecule has 4 N–H and O–H groups in total.